The first-order valence-corrected chi connectivity index (χ1v) is 2.10. The summed E-state index contributed by atoms with van der Waals surface area (Å²) in [5, 5.41) is 0. The summed E-state index contributed by atoms with van der Waals surface area (Å²) in [7, 11) is -4.67. The topological polar surface area (TPSA) is 390 Å². The van der Waals surface area contributed by atoms with E-state index < -0.39 is 10.4 Å². The van der Waals surface area contributed by atoms with Crippen LogP contribution < -0.4 is 0 Å². The molecule has 0 aliphatic rings. The molecule has 0 unspecified atom stereocenters. The summed E-state index contributed by atoms with van der Waals surface area (Å²) >= 11 is 0. The molecule has 22 N–H and O–H groups in total. The molecule has 116 valence electrons. The third-order valence-electron chi connectivity index (χ3n) is 0. The van der Waals surface area contributed by atoms with E-state index in [1.807, 2.05) is 0 Å². The van der Waals surface area contributed by atoms with Crippen LogP contribution >= 0.6 is 0 Å². The molecule has 0 aromatic carbocycles. The van der Waals surface area contributed by atoms with E-state index in [9.17, 15) is 0 Å². The zero-order chi connectivity index (χ0) is 4.50. The molecule has 0 aromatic heterocycles. The number of hydrogen-bond donors (Lipinski definition) is 2. The third-order valence-corrected chi connectivity index (χ3v) is 0. The van der Waals surface area contributed by atoms with E-state index >= 15 is 0 Å². The first kappa shape index (κ1) is 210. The van der Waals surface area contributed by atoms with Gasteiger partial charge in [0.05, 0.1) is 0 Å². The van der Waals surface area contributed by atoms with Crippen LogP contribution in [0.2, 0.25) is 0 Å². The van der Waals surface area contributed by atoms with Gasteiger partial charge in [-0.05, 0) is 0 Å². The highest BCUT2D eigenvalue weighted by atomic mass is 32.3. The molecule has 16 heteroatoms. The predicted octanol–water partition coefficient (Wildman–Crippen LogP) is -9.82. The Hall–Kier alpha value is 0.236. The highest BCUT2D eigenvalue weighted by molar-refractivity contribution is 7.79. The Labute approximate surface area is 106 Å². The van der Waals surface area contributed by atoms with E-state index in [2.05, 4.69) is 0 Å². The lowest BCUT2D eigenvalue weighted by atomic mass is 15.8. The molecule has 0 atom stereocenters. The Balaban J connectivity index is -0.00000000145. The van der Waals surface area contributed by atoms with Crippen LogP contribution in [0, 0.1) is 0 Å². The summed E-state index contributed by atoms with van der Waals surface area (Å²) < 4.78 is 31.6. The van der Waals surface area contributed by atoms with Crippen LogP contribution in [0.5, 0.6) is 0 Å². The molecule has 0 amide bonds. The molecule has 0 saturated heterocycles. The summed E-state index contributed by atoms with van der Waals surface area (Å²) in [6.45, 7) is 0. The molecule has 14 nitrogen and oxygen atoms in total. The van der Waals surface area contributed by atoms with Crippen molar-refractivity contribution in [2.24, 2.45) is 0 Å². The molecule has 0 aromatic rings. The van der Waals surface area contributed by atoms with E-state index in [0.29, 0.717) is 0 Å². The van der Waals surface area contributed by atoms with Crippen molar-refractivity contribution in [1.82, 2.24) is 0 Å². The van der Waals surface area contributed by atoms with Crippen molar-refractivity contribution < 1.29 is 72.3 Å². The molecule has 0 saturated carbocycles. The van der Waals surface area contributed by atoms with Gasteiger partial charge in [-0.3, -0.25) is 9.11 Å². The third kappa shape index (κ3) is 44700. The minimum absolute atomic E-state index is 0. The van der Waals surface area contributed by atoms with Crippen molar-refractivity contribution in [1.29, 1.82) is 0 Å². The van der Waals surface area contributed by atoms with Crippen molar-refractivity contribution in [3.05, 3.63) is 0 Å². The fourth-order valence-electron chi connectivity index (χ4n) is 0. The van der Waals surface area contributed by atoms with Crippen molar-refractivity contribution in [3.63, 3.8) is 0 Å². The second-order valence-corrected chi connectivity index (χ2v) is 1.34. The predicted molar refractivity (Wildman–Crippen MR) is 58.9 cm³/mol. The van der Waals surface area contributed by atoms with Crippen molar-refractivity contribution in [2.75, 3.05) is 0 Å². The van der Waals surface area contributed by atoms with E-state index in [4.69, 9.17) is 17.5 Å². The summed E-state index contributed by atoms with van der Waals surface area (Å²) in [6, 6.07) is 0. The van der Waals surface area contributed by atoms with Gasteiger partial charge >= 0.3 is 33.5 Å². The van der Waals surface area contributed by atoms with E-state index in [1.165, 1.54) is 0 Å². The van der Waals surface area contributed by atoms with Gasteiger partial charge in [-0.1, -0.05) is 0 Å². The first-order valence-electron chi connectivity index (χ1n) is 0.698. The van der Waals surface area contributed by atoms with Crippen LogP contribution in [-0.2, 0) is 10.4 Å². The van der Waals surface area contributed by atoms with Gasteiger partial charge in [0.25, 0.3) is 0 Å². The van der Waals surface area contributed by atoms with Crippen LogP contribution in [0.4, 0.5) is 0 Å². The fraction of sp³-hybridized carbons (Fsp3) is 0. The average molecular weight is 305 g/mol. The largest absolute Gasteiger partial charge is 0.412 e. The molecular formula is H24MgO14S. The smallest absolute Gasteiger partial charge is 0.394 e. The quantitative estimate of drug-likeness (QED) is 0.324. The maximum Gasteiger partial charge on any atom is 0.394 e. The molecule has 0 aliphatic heterocycles. The van der Waals surface area contributed by atoms with Gasteiger partial charge in [0.2, 0.25) is 0 Å². The zero-order valence-corrected chi connectivity index (χ0v) is 7.94. The van der Waals surface area contributed by atoms with Gasteiger partial charge in [0.1, 0.15) is 0 Å². The lowest BCUT2D eigenvalue weighted by Gasteiger charge is -1.68. The molecule has 0 heterocycles. The van der Waals surface area contributed by atoms with Crippen LogP contribution in [-0.4, -0.2) is 95.3 Å². The summed E-state index contributed by atoms with van der Waals surface area (Å²) in [4.78, 5) is 0. The highest BCUT2D eigenvalue weighted by Gasteiger charge is 1.84. The van der Waals surface area contributed by atoms with E-state index in [1.54, 1.807) is 0 Å². The van der Waals surface area contributed by atoms with Crippen LogP contribution in [0.1, 0.15) is 0 Å². The first-order chi connectivity index (χ1) is 2.00. The van der Waals surface area contributed by atoms with Crippen LogP contribution in [0.25, 0.3) is 0 Å². The van der Waals surface area contributed by atoms with Crippen molar-refractivity contribution >= 4 is 33.5 Å². The molecule has 16 heavy (non-hydrogen) atoms. The molecular weight excluding hydrogens is 280 g/mol. The molecule has 0 fully saturated rings. The maximum atomic E-state index is 8.74. The lowest BCUT2D eigenvalue weighted by Crippen LogP contribution is -1.89. The van der Waals surface area contributed by atoms with Crippen molar-refractivity contribution in [2.45, 2.75) is 0 Å². The van der Waals surface area contributed by atoms with Crippen molar-refractivity contribution in [3.8, 4) is 0 Å². The normalized spacial score (nSPS) is 3.62. The Morgan fingerprint density at radius 2 is 0.500 bits per heavy atom. The second kappa shape index (κ2) is 79.4. The van der Waals surface area contributed by atoms with Gasteiger partial charge < -0.3 is 54.8 Å². The minimum Gasteiger partial charge on any atom is -0.412 e. The molecule has 0 bridgehead atoms. The van der Waals surface area contributed by atoms with Gasteiger partial charge in [-0.25, -0.2) is 0 Å². The summed E-state index contributed by atoms with van der Waals surface area (Å²) in [5.41, 5.74) is 0. The standard InChI is InChI=1S/Mg.H2O4S.10H2O.2H/c;1-5(2,3)4;;;;;;;;;;;;/h;(H2,1,2,3,4);10*1H2;;. The Morgan fingerprint density at radius 3 is 0.500 bits per heavy atom. The van der Waals surface area contributed by atoms with Gasteiger partial charge in [-0.15, -0.1) is 0 Å². The monoisotopic (exact) mass is 304 g/mol. The Morgan fingerprint density at radius 1 is 0.500 bits per heavy atom. The Kier molecular flexibility index (Phi) is 1040. The van der Waals surface area contributed by atoms with Gasteiger partial charge in [0, 0.05) is 0 Å². The molecule has 0 rings (SSSR count). The fourth-order valence-corrected chi connectivity index (χ4v) is 0. The summed E-state index contributed by atoms with van der Waals surface area (Å²) in [6.07, 6.45) is 0. The number of hydrogen-bond acceptors (Lipinski definition) is 2. The maximum absolute atomic E-state index is 8.74. The van der Waals surface area contributed by atoms with E-state index in [0.717, 1.165) is 0 Å². The SMILES string of the molecule is O.O.O.O.O.O.O.O.O.O.O=S(=O)(O)O.[MgH2]. The average Bonchev–Trinajstić information content (AvgIpc) is 0.722. The molecule has 0 radical (unpaired) electrons. The zero-order valence-electron chi connectivity index (χ0n) is 7.12. The van der Waals surface area contributed by atoms with Crippen LogP contribution in [0.15, 0.2) is 0 Å². The molecule has 0 aliphatic carbocycles. The summed E-state index contributed by atoms with van der Waals surface area (Å²) in [5.74, 6) is 0. The number of rotatable bonds is 0. The highest BCUT2D eigenvalue weighted by Crippen LogP contribution is 1.59. The lowest BCUT2D eigenvalue weighted by molar-refractivity contribution is 0.381. The Bertz CT molecular complexity index is 93.9. The molecule has 0 spiro atoms. The van der Waals surface area contributed by atoms with E-state index in [-0.39, 0.29) is 77.8 Å². The van der Waals surface area contributed by atoms with Gasteiger partial charge in [-0.2, -0.15) is 8.42 Å². The minimum atomic E-state index is -4.67. The second-order valence-electron chi connectivity index (χ2n) is 0.448. The van der Waals surface area contributed by atoms with Gasteiger partial charge in [0.15, 0.2) is 0 Å². The van der Waals surface area contributed by atoms with Crippen LogP contribution in [0.3, 0.4) is 0 Å².